The van der Waals surface area contributed by atoms with Gasteiger partial charge in [-0.2, -0.15) is 0 Å². The van der Waals surface area contributed by atoms with Crippen molar-refractivity contribution < 1.29 is 27.5 Å². The number of hydrogen-bond acceptors (Lipinski definition) is 7. The molecule has 0 saturated carbocycles. The summed E-state index contributed by atoms with van der Waals surface area (Å²) in [6, 6.07) is 10.2. The van der Waals surface area contributed by atoms with Crippen molar-refractivity contribution in [2.75, 3.05) is 17.6 Å². The maximum atomic E-state index is 12.4. The molecule has 2 aromatic heterocycles. The molecule has 13 heteroatoms. The Labute approximate surface area is 196 Å². The first-order chi connectivity index (χ1) is 16.3. The molecular formula is C21H19F3N6O3S. The average molecular weight is 492 g/mol. The van der Waals surface area contributed by atoms with Crippen LogP contribution in [0.15, 0.2) is 53.8 Å². The van der Waals surface area contributed by atoms with E-state index in [2.05, 4.69) is 25.2 Å². The minimum Gasteiger partial charge on any atom is -0.406 e. The largest absolute Gasteiger partial charge is 0.573 e. The third-order valence-corrected chi connectivity index (χ3v) is 5.72. The molecule has 1 N–H and O–H groups in total. The number of carbonyl (C=O) groups excluding carboxylic acids is 2. The molecule has 34 heavy (non-hydrogen) atoms. The number of anilines is 1. The predicted octanol–water partition coefficient (Wildman–Crippen LogP) is 3.41. The second-order valence-electron chi connectivity index (χ2n) is 7.25. The van der Waals surface area contributed by atoms with Gasteiger partial charge in [-0.05, 0) is 42.8 Å². The molecule has 0 aliphatic carbocycles. The van der Waals surface area contributed by atoms with E-state index in [1.165, 1.54) is 12.1 Å². The number of benzene rings is 1. The zero-order valence-corrected chi connectivity index (χ0v) is 18.5. The lowest BCUT2D eigenvalue weighted by molar-refractivity contribution is -0.274. The summed E-state index contributed by atoms with van der Waals surface area (Å²) in [7, 11) is 0. The lowest BCUT2D eigenvalue weighted by Crippen LogP contribution is -2.26. The number of rotatable bonds is 8. The van der Waals surface area contributed by atoms with Crippen molar-refractivity contribution in [1.82, 2.24) is 24.6 Å². The molecule has 1 aromatic carbocycles. The van der Waals surface area contributed by atoms with Gasteiger partial charge in [0.2, 0.25) is 11.8 Å². The van der Waals surface area contributed by atoms with Crippen molar-refractivity contribution in [2.24, 2.45) is 0 Å². The summed E-state index contributed by atoms with van der Waals surface area (Å²) in [5.74, 6) is 0.327. The summed E-state index contributed by atoms with van der Waals surface area (Å²) in [5, 5.41) is 11.4. The Kier molecular flexibility index (Phi) is 7.01. The molecule has 0 radical (unpaired) electrons. The van der Waals surface area contributed by atoms with Crippen molar-refractivity contribution in [3.8, 4) is 11.6 Å². The monoisotopic (exact) mass is 492 g/mol. The Morgan fingerprint density at radius 2 is 1.94 bits per heavy atom. The zero-order valence-electron chi connectivity index (χ0n) is 17.7. The molecule has 4 rings (SSSR count). The molecule has 0 spiro atoms. The second-order valence-corrected chi connectivity index (χ2v) is 8.19. The number of nitrogens with zero attached hydrogens (tertiary/aromatic N) is 5. The normalized spacial score (nSPS) is 13.9. The van der Waals surface area contributed by atoms with Gasteiger partial charge in [0.15, 0.2) is 11.0 Å². The number of thioether (sulfide) groups is 1. The van der Waals surface area contributed by atoms with E-state index in [4.69, 9.17) is 0 Å². The van der Waals surface area contributed by atoms with Crippen LogP contribution in [0.1, 0.15) is 18.7 Å². The van der Waals surface area contributed by atoms with E-state index < -0.39 is 6.36 Å². The van der Waals surface area contributed by atoms with E-state index in [-0.39, 0.29) is 29.9 Å². The van der Waals surface area contributed by atoms with E-state index >= 15 is 0 Å². The topological polar surface area (TPSA) is 102 Å². The molecule has 0 atom stereocenters. The third-order valence-electron chi connectivity index (χ3n) is 4.79. The van der Waals surface area contributed by atoms with Crippen LogP contribution in [0.5, 0.6) is 5.75 Å². The lowest BCUT2D eigenvalue weighted by atomic mass is 10.3. The molecule has 9 nitrogen and oxygen atoms in total. The molecule has 3 aromatic rings. The maximum Gasteiger partial charge on any atom is 0.573 e. The number of amides is 2. The first-order valence-corrected chi connectivity index (χ1v) is 11.2. The fourth-order valence-corrected chi connectivity index (χ4v) is 4.08. The number of pyridine rings is 1. The number of nitrogens with one attached hydrogen (secondary N) is 1. The number of alkyl halides is 3. The van der Waals surface area contributed by atoms with E-state index in [1.807, 2.05) is 0 Å². The van der Waals surface area contributed by atoms with Gasteiger partial charge in [0.25, 0.3) is 0 Å². The van der Waals surface area contributed by atoms with Gasteiger partial charge < -0.3 is 15.0 Å². The molecule has 1 saturated heterocycles. The smallest absolute Gasteiger partial charge is 0.406 e. The molecule has 0 unspecified atom stereocenters. The number of halogens is 3. The van der Waals surface area contributed by atoms with Gasteiger partial charge in [0.1, 0.15) is 11.6 Å². The van der Waals surface area contributed by atoms with Crippen molar-refractivity contribution >= 4 is 29.3 Å². The Balaban J connectivity index is 1.43. The Bertz CT molecular complexity index is 1150. The third kappa shape index (κ3) is 6.04. The molecule has 1 fully saturated rings. The maximum absolute atomic E-state index is 12.4. The van der Waals surface area contributed by atoms with E-state index in [9.17, 15) is 22.8 Å². The van der Waals surface area contributed by atoms with Gasteiger partial charge in [0.05, 0.1) is 12.3 Å². The van der Waals surface area contributed by atoms with Crippen LogP contribution in [0, 0.1) is 0 Å². The summed E-state index contributed by atoms with van der Waals surface area (Å²) in [4.78, 5) is 30.5. The summed E-state index contributed by atoms with van der Waals surface area (Å²) in [6.45, 7) is 0.924. The molecule has 1 aliphatic heterocycles. The van der Waals surface area contributed by atoms with Crippen LogP contribution in [-0.4, -0.2) is 55.1 Å². The van der Waals surface area contributed by atoms with Gasteiger partial charge in [-0.15, -0.1) is 23.4 Å². The summed E-state index contributed by atoms with van der Waals surface area (Å²) in [5.41, 5.74) is 0.319. The fourth-order valence-electron chi connectivity index (χ4n) is 3.32. The van der Waals surface area contributed by atoms with E-state index in [1.54, 1.807) is 33.9 Å². The second kappa shape index (κ2) is 10.1. The van der Waals surface area contributed by atoms with Crippen LogP contribution in [-0.2, 0) is 16.1 Å². The highest BCUT2D eigenvalue weighted by molar-refractivity contribution is 7.99. The van der Waals surface area contributed by atoms with Crippen LogP contribution >= 0.6 is 11.8 Å². The number of hydrogen-bond donors (Lipinski definition) is 1. The van der Waals surface area contributed by atoms with Gasteiger partial charge in [-0.3, -0.25) is 14.2 Å². The Hall–Kier alpha value is -3.61. The molecule has 3 heterocycles. The Morgan fingerprint density at radius 3 is 2.59 bits per heavy atom. The highest BCUT2D eigenvalue weighted by Crippen LogP contribution is 2.25. The summed E-state index contributed by atoms with van der Waals surface area (Å²) < 4.78 is 42.3. The number of aromatic nitrogens is 4. The minimum absolute atomic E-state index is 0.0333. The van der Waals surface area contributed by atoms with E-state index in [0.29, 0.717) is 35.5 Å². The molecular weight excluding hydrogens is 473 g/mol. The standard InChI is InChI=1S/C21H19F3N6O3S/c22-21(23,24)33-15-8-6-14(7-9-15)26-18(31)13-34-20-28-27-17(12-29-11-3-5-19(29)32)30(20)16-4-1-2-10-25-16/h1-2,4,6-10H,3,5,11-13H2,(H,26,31). The predicted molar refractivity (Wildman–Crippen MR) is 116 cm³/mol. The van der Waals surface area contributed by atoms with Gasteiger partial charge in [0, 0.05) is 24.8 Å². The highest BCUT2D eigenvalue weighted by Gasteiger charge is 2.31. The van der Waals surface area contributed by atoms with Crippen molar-refractivity contribution in [1.29, 1.82) is 0 Å². The number of carbonyl (C=O) groups is 2. The first-order valence-electron chi connectivity index (χ1n) is 10.2. The minimum atomic E-state index is -4.79. The quantitative estimate of drug-likeness (QED) is 0.481. The molecule has 1 aliphatic rings. The van der Waals surface area contributed by atoms with Gasteiger partial charge in [-0.1, -0.05) is 17.8 Å². The van der Waals surface area contributed by atoms with Crippen LogP contribution < -0.4 is 10.1 Å². The fraction of sp³-hybridized carbons (Fsp3) is 0.286. The first kappa shape index (κ1) is 23.5. The van der Waals surface area contributed by atoms with Crippen LogP contribution in [0.2, 0.25) is 0 Å². The Morgan fingerprint density at radius 1 is 1.15 bits per heavy atom. The average Bonchev–Trinajstić information content (AvgIpc) is 3.39. The van der Waals surface area contributed by atoms with Crippen molar-refractivity contribution in [3.63, 3.8) is 0 Å². The zero-order chi connectivity index (χ0) is 24.1. The van der Waals surface area contributed by atoms with Crippen LogP contribution in [0.25, 0.3) is 5.82 Å². The summed E-state index contributed by atoms with van der Waals surface area (Å²) >= 11 is 1.12. The molecule has 178 valence electrons. The lowest BCUT2D eigenvalue weighted by Gasteiger charge is -2.16. The SMILES string of the molecule is O=C(CSc1nnc(CN2CCCC2=O)n1-c1ccccn1)Nc1ccc(OC(F)(F)F)cc1. The van der Waals surface area contributed by atoms with Gasteiger partial charge in [-0.25, -0.2) is 4.98 Å². The number of likely N-dealkylation sites (tertiary alicyclic amines) is 1. The van der Waals surface area contributed by atoms with Crippen LogP contribution in [0.4, 0.5) is 18.9 Å². The number of ether oxygens (including phenoxy) is 1. The highest BCUT2D eigenvalue weighted by atomic mass is 32.2. The summed E-state index contributed by atoms with van der Waals surface area (Å²) in [6.07, 6.45) is -1.87. The molecule has 2 amide bonds. The van der Waals surface area contributed by atoms with Gasteiger partial charge >= 0.3 is 6.36 Å². The van der Waals surface area contributed by atoms with Crippen molar-refractivity contribution in [2.45, 2.75) is 30.9 Å². The van der Waals surface area contributed by atoms with Crippen LogP contribution in [0.3, 0.4) is 0 Å². The van der Waals surface area contributed by atoms with Crippen molar-refractivity contribution in [3.05, 3.63) is 54.5 Å². The van der Waals surface area contributed by atoms with E-state index in [0.717, 1.165) is 30.3 Å². The molecule has 0 bridgehead atoms.